The number of hydrogen-bond acceptors (Lipinski definition) is 4. The molecule has 0 bridgehead atoms. The van der Waals surface area contributed by atoms with E-state index in [9.17, 15) is 0 Å². The fraction of sp³-hybridized carbons (Fsp3) is 0. The van der Waals surface area contributed by atoms with Gasteiger partial charge in [0, 0.05) is 44.5 Å². The Hall–Kier alpha value is -7.17. The molecule has 11 rings (SSSR count). The van der Waals surface area contributed by atoms with Gasteiger partial charge >= 0.3 is 0 Å². The molecular weight excluding hydrogens is 649 g/mol. The average molecular weight is 679 g/mol. The van der Waals surface area contributed by atoms with Crippen LogP contribution >= 0.6 is 0 Å². The Labute approximate surface area is 304 Å². The number of fused-ring (bicyclic) bond motifs is 8. The monoisotopic (exact) mass is 678 g/mol. The minimum atomic E-state index is 0.580. The summed E-state index contributed by atoms with van der Waals surface area (Å²) in [4.78, 5) is 7.37. The number of rotatable bonds is 5. The molecule has 11 aromatic rings. The average Bonchev–Trinajstić information content (AvgIpc) is 3.83. The summed E-state index contributed by atoms with van der Waals surface area (Å²) in [5, 5.41) is 9.01. The lowest BCUT2D eigenvalue weighted by Crippen LogP contribution is -2.10. The van der Waals surface area contributed by atoms with Gasteiger partial charge in [-0.1, -0.05) is 121 Å². The van der Waals surface area contributed by atoms with Gasteiger partial charge in [-0.2, -0.15) is 0 Å². The molecule has 53 heavy (non-hydrogen) atoms. The van der Waals surface area contributed by atoms with Crippen molar-refractivity contribution in [3.8, 4) is 22.6 Å². The molecule has 4 nitrogen and oxygen atoms in total. The lowest BCUT2D eigenvalue weighted by molar-refractivity contribution is 0.620. The van der Waals surface area contributed by atoms with Crippen molar-refractivity contribution in [3.05, 3.63) is 182 Å². The summed E-state index contributed by atoms with van der Waals surface area (Å²) in [5.74, 6) is 0.580. The van der Waals surface area contributed by atoms with E-state index < -0.39 is 0 Å². The number of hydrogen-bond donors (Lipinski definition) is 0. The van der Waals surface area contributed by atoms with E-state index in [0.29, 0.717) is 5.89 Å². The number of nitrogens with zero attached hydrogens (tertiary/aromatic N) is 2. The van der Waals surface area contributed by atoms with Crippen LogP contribution in [0.25, 0.3) is 87.9 Å². The number of oxazole rings is 1. The zero-order valence-electron chi connectivity index (χ0n) is 28.5. The highest BCUT2D eigenvalue weighted by molar-refractivity contribution is 6.13. The highest BCUT2D eigenvalue weighted by Crippen LogP contribution is 2.44. The maximum atomic E-state index is 6.65. The summed E-state index contributed by atoms with van der Waals surface area (Å²) < 4.78 is 13.1. The highest BCUT2D eigenvalue weighted by Gasteiger charge is 2.21. The molecular formula is C49H30N2O2. The van der Waals surface area contributed by atoms with Crippen molar-refractivity contribution in [2.75, 3.05) is 4.90 Å². The SMILES string of the molecule is c1cc(-c2ccc3ccccc3c2)cc(N(c2ccc3c(c2)oc2cccc(-c4nc5c(ccc6ccccc65)o4)c23)c2cccc3ccccc23)c1. The van der Waals surface area contributed by atoms with Crippen molar-refractivity contribution in [2.24, 2.45) is 0 Å². The maximum Gasteiger partial charge on any atom is 0.228 e. The van der Waals surface area contributed by atoms with Gasteiger partial charge in [0.25, 0.3) is 0 Å². The Morgan fingerprint density at radius 1 is 0.396 bits per heavy atom. The summed E-state index contributed by atoms with van der Waals surface area (Å²) >= 11 is 0. The molecule has 0 spiro atoms. The van der Waals surface area contributed by atoms with E-state index in [2.05, 4.69) is 157 Å². The van der Waals surface area contributed by atoms with E-state index in [-0.39, 0.29) is 0 Å². The van der Waals surface area contributed by atoms with Crippen molar-refractivity contribution in [3.63, 3.8) is 0 Å². The molecule has 0 N–H and O–H groups in total. The first kappa shape index (κ1) is 29.5. The molecule has 9 aromatic carbocycles. The molecule has 0 atom stereocenters. The minimum absolute atomic E-state index is 0.580. The fourth-order valence-corrected chi connectivity index (χ4v) is 7.93. The van der Waals surface area contributed by atoms with Gasteiger partial charge in [-0.3, -0.25) is 0 Å². The first-order chi connectivity index (χ1) is 26.2. The molecule has 0 unspecified atom stereocenters. The van der Waals surface area contributed by atoms with Gasteiger partial charge in [-0.15, -0.1) is 0 Å². The van der Waals surface area contributed by atoms with Crippen molar-refractivity contribution in [1.29, 1.82) is 0 Å². The van der Waals surface area contributed by atoms with Crippen LogP contribution in [0, 0.1) is 0 Å². The molecule has 0 radical (unpaired) electrons. The topological polar surface area (TPSA) is 42.4 Å². The molecule has 0 aliphatic heterocycles. The van der Waals surface area contributed by atoms with Crippen LogP contribution in [0.2, 0.25) is 0 Å². The molecule has 0 aliphatic rings. The first-order valence-electron chi connectivity index (χ1n) is 17.9. The van der Waals surface area contributed by atoms with Crippen molar-refractivity contribution >= 4 is 82.4 Å². The quantitative estimate of drug-likeness (QED) is 0.182. The van der Waals surface area contributed by atoms with Crippen LogP contribution in [-0.2, 0) is 0 Å². The lowest BCUT2D eigenvalue weighted by Gasteiger charge is -2.27. The fourth-order valence-electron chi connectivity index (χ4n) is 7.93. The van der Waals surface area contributed by atoms with Crippen LogP contribution in [0.5, 0.6) is 0 Å². The summed E-state index contributed by atoms with van der Waals surface area (Å²) in [5.41, 5.74) is 9.59. The van der Waals surface area contributed by atoms with E-state index >= 15 is 0 Å². The second-order valence-corrected chi connectivity index (χ2v) is 13.6. The van der Waals surface area contributed by atoms with Gasteiger partial charge in [0.05, 0.1) is 5.69 Å². The highest BCUT2D eigenvalue weighted by atomic mass is 16.3. The van der Waals surface area contributed by atoms with Crippen LogP contribution in [0.4, 0.5) is 17.1 Å². The predicted octanol–water partition coefficient (Wildman–Crippen LogP) is 14.0. The summed E-state index contributed by atoms with van der Waals surface area (Å²) in [7, 11) is 0. The van der Waals surface area contributed by atoms with Crippen molar-refractivity contribution in [2.45, 2.75) is 0 Å². The molecule has 0 saturated heterocycles. The number of aromatic nitrogens is 1. The van der Waals surface area contributed by atoms with Gasteiger partial charge in [0.1, 0.15) is 16.7 Å². The first-order valence-corrected chi connectivity index (χ1v) is 17.9. The van der Waals surface area contributed by atoms with E-state index in [1.165, 1.54) is 27.1 Å². The molecule has 0 amide bonds. The number of benzene rings is 9. The van der Waals surface area contributed by atoms with Crippen LogP contribution in [0.1, 0.15) is 0 Å². The lowest BCUT2D eigenvalue weighted by atomic mass is 10.00. The summed E-state index contributed by atoms with van der Waals surface area (Å²) in [6.07, 6.45) is 0. The second-order valence-electron chi connectivity index (χ2n) is 13.6. The largest absolute Gasteiger partial charge is 0.456 e. The zero-order valence-corrected chi connectivity index (χ0v) is 28.5. The van der Waals surface area contributed by atoms with Crippen LogP contribution in [-0.4, -0.2) is 4.98 Å². The normalized spacial score (nSPS) is 11.8. The Morgan fingerprint density at radius 2 is 1.09 bits per heavy atom. The molecule has 248 valence electrons. The smallest absolute Gasteiger partial charge is 0.228 e. The minimum Gasteiger partial charge on any atom is -0.456 e. The van der Waals surface area contributed by atoms with Crippen LogP contribution in [0.15, 0.2) is 191 Å². The second kappa shape index (κ2) is 11.7. The standard InChI is InChI=1S/C49H30N2O2/c1-2-13-34-28-36(23-22-31(34)10-1)35-15-7-16-37(29-35)51(43-20-8-14-32-11-3-5-17-39(32)43)38-25-26-41-46(30-38)52-44-21-9-19-42(47(41)44)49-50-48-40-18-6-4-12-33(40)24-27-45(48)53-49/h1-30H. The third-order valence-electron chi connectivity index (χ3n) is 10.4. The third kappa shape index (κ3) is 4.80. The van der Waals surface area contributed by atoms with Crippen LogP contribution < -0.4 is 4.90 Å². The summed E-state index contributed by atoms with van der Waals surface area (Å²) in [6, 6.07) is 64.0. The van der Waals surface area contributed by atoms with Gasteiger partial charge < -0.3 is 13.7 Å². The van der Waals surface area contributed by atoms with E-state index in [1.54, 1.807) is 0 Å². The van der Waals surface area contributed by atoms with Crippen molar-refractivity contribution < 1.29 is 8.83 Å². The van der Waals surface area contributed by atoms with E-state index in [1.807, 2.05) is 30.3 Å². The van der Waals surface area contributed by atoms with Crippen molar-refractivity contribution in [1.82, 2.24) is 4.98 Å². The van der Waals surface area contributed by atoms with Gasteiger partial charge in [0.15, 0.2) is 5.58 Å². The molecule has 0 fully saturated rings. The zero-order chi connectivity index (χ0) is 34.9. The molecule has 0 saturated carbocycles. The molecule has 2 heterocycles. The maximum absolute atomic E-state index is 6.65. The van der Waals surface area contributed by atoms with E-state index in [4.69, 9.17) is 13.8 Å². The molecule has 4 heteroatoms. The third-order valence-corrected chi connectivity index (χ3v) is 10.4. The van der Waals surface area contributed by atoms with E-state index in [0.717, 1.165) is 72.0 Å². The number of anilines is 3. The Bertz CT molecular complexity index is 3200. The van der Waals surface area contributed by atoms with Gasteiger partial charge in [-0.05, 0) is 87.3 Å². The van der Waals surface area contributed by atoms with Gasteiger partial charge in [-0.25, -0.2) is 4.98 Å². The van der Waals surface area contributed by atoms with Gasteiger partial charge in [0.2, 0.25) is 5.89 Å². The van der Waals surface area contributed by atoms with Crippen LogP contribution in [0.3, 0.4) is 0 Å². The Morgan fingerprint density at radius 3 is 2.00 bits per heavy atom. The number of furan rings is 1. The predicted molar refractivity (Wildman–Crippen MR) is 219 cm³/mol. The Balaban J connectivity index is 1.09. The molecule has 2 aromatic heterocycles. The molecule has 0 aliphatic carbocycles. The Kier molecular flexibility index (Phi) is 6.52. The summed E-state index contributed by atoms with van der Waals surface area (Å²) in [6.45, 7) is 0.